The quantitative estimate of drug-likeness (QED) is 0.681. The van der Waals surface area contributed by atoms with E-state index in [0.29, 0.717) is 12.2 Å². The third kappa shape index (κ3) is 3.39. The molecule has 6 heteroatoms. The molecule has 0 atom stereocenters. The molecule has 21 heavy (non-hydrogen) atoms. The fourth-order valence-corrected chi connectivity index (χ4v) is 2.47. The van der Waals surface area contributed by atoms with Crippen molar-refractivity contribution >= 4 is 17.7 Å². The maximum absolute atomic E-state index is 12.1. The minimum Gasteiger partial charge on any atom is -0.465 e. The van der Waals surface area contributed by atoms with Gasteiger partial charge < -0.3 is 4.74 Å². The van der Waals surface area contributed by atoms with Gasteiger partial charge in [-0.15, -0.1) is 11.8 Å². The minimum atomic E-state index is -0.426. The molecule has 0 radical (unpaired) electrons. The molecule has 1 aromatic carbocycles. The van der Waals surface area contributed by atoms with Crippen molar-refractivity contribution in [3.8, 4) is 11.3 Å². The molecule has 2 rings (SSSR count). The number of benzene rings is 1. The molecule has 0 aliphatic heterocycles. The lowest BCUT2D eigenvalue weighted by Crippen LogP contribution is -2.24. The second kappa shape index (κ2) is 6.67. The number of carbonyl (C=O) groups excluding carboxylic acids is 1. The van der Waals surface area contributed by atoms with Gasteiger partial charge in [-0.2, -0.15) is 0 Å². The Morgan fingerprint density at radius 2 is 2.00 bits per heavy atom. The second-order valence-electron chi connectivity index (χ2n) is 4.54. The van der Waals surface area contributed by atoms with Gasteiger partial charge in [0.05, 0.1) is 12.3 Å². The Labute approximate surface area is 127 Å². The molecule has 1 aromatic heterocycles. The highest BCUT2D eigenvalue weighted by atomic mass is 32.2. The molecular formula is C15H18N2O3S. The van der Waals surface area contributed by atoms with Crippen molar-refractivity contribution in [2.75, 3.05) is 12.9 Å². The van der Waals surface area contributed by atoms with Crippen LogP contribution in [0.2, 0.25) is 0 Å². The zero-order chi connectivity index (χ0) is 15.4. The van der Waals surface area contributed by atoms with Crippen LogP contribution in [0.15, 0.2) is 34.0 Å². The van der Waals surface area contributed by atoms with Gasteiger partial charge in [0.1, 0.15) is 6.54 Å². The third-order valence-corrected chi connectivity index (χ3v) is 3.90. The topological polar surface area (TPSA) is 64.1 Å². The van der Waals surface area contributed by atoms with Crippen molar-refractivity contribution in [2.24, 2.45) is 0 Å². The number of esters is 1. The highest BCUT2D eigenvalue weighted by Crippen LogP contribution is 2.22. The number of aromatic amines is 1. The lowest BCUT2D eigenvalue weighted by molar-refractivity contribution is -0.144. The number of carbonyl (C=O) groups is 1. The molecular weight excluding hydrogens is 288 g/mol. The first-order chi connectivity index (χ1) is 10.1. The molecule has 0 aliphatic rings. The number of nitrogens with zero attached hydrogens (tertiary/aromatic N) is 1. The largest absolute Gasteiger partial charge is 0.465 e. The van der Waals surface area contributed by atoms with E-state index >= 15 is 0 Å². The van der Waals surface area contributed by atoms with E-state index in [9.17, 15) is 9.59 Å². The van der Waals surface area contributed by atoms with Gasteiger partial charge in [0.2, 0.25) is 0 Å². The van der Waals surface area contributed by atoms with Crippen LogP contribution in [0.1, 0.15) is 12.5 Å². The van der Waals surface area contributed by atoms with Crippen molar-refractivity contribution in [1.82, 2.24) is 9.78 Å². The van der Waals surface area contributed by atoms with Gasteiger partial charge in [0, 0.05) is 10.5 Å². The SMILES string of the molecule is CCOC(=O)Cn1[nH]c(-c2ccc(SC)cc2)c(C)c1=O. The Bertz CT molecular complexity index is 686. The molecule has 1 N–H and O–H groups in total. The van der Waals surface area contributed by atoms with Crippen molar-refractivity contribution in [3.63, 3.8) is 0 Å². The Morgan fingerprint density at radius 3 is 2.57 bits per heavy atom. The van der Waals surface area contributed by atoms with E-state index in [1.54, 1.807) is 25.6 Å². The average molecular weight is 306 g/mol. The van der Waals surface area contributed by atoms with Gasteiger partial charge in [0.25, 0.3) is 5.56 Å². The third-order valence-electron chi connectivity index (χ3n) is 3.16. The number of aromatic nitrogens is 2. The molecule has 0 aliphatic carbocycles. The number of rotatable bonds is 5. The van der Waals surface area contributed by atoms with Gasteiger partial charge in [-0.25, -0.2) is 4.68 Å². The van der Waals surface area contributed by atoms with E-state index in [2.05, 4.69) is 5.10 Å². The number of ether oxygens (including phenoxy) is 1. The summed E-state index contributed by atoms with van der Waals surface area (Å²) in [4.78, 5) is 24.8. The van der Waals surface area contributed by atoms with Gasteiger partial charge in [-0.1, -0.05) is 12.1 Å². The van der Waals surface area contributed by atoms with E-state index in [1.165, 1.54) is 4.68 Å². The maximum atomic E-state index is 12.1. The van der Waals surface area contributed by atoms with Crippen molar-refractivity contribution in [3.05, 3.63) is 40.2 Å². The van der Waals surface area contributed by atoms with Crippen LogP contribution in [0.3, 0.4) is 0 Å². The van der Waals surface area contributed by atoms with E-state index in [-0.39, 0.29) is 12.1 Å². The number of nitrogens with one attached hydrogen (secondary N) is 1. The Balaban J connectivity index is 2.32. The van der Waals surface area contributed by atoms with Crippen LogP contribution in [-0.4, -0.2) is 28.6 Å². The number of hydrogen-bond acceptors (Lipinski definition) is 4. The summed E-state index contributed by atoms with van der Waals surface area (Å²) in [6.07, 6.45) is 2.01. The van der Waals surface area contributed by atoms with E-state index < -0.39 is 5.97 Å². The van der Waals surface area contributed by atoms with Gasteiger partial charge in [0.15, 0.2) is 0 Å². The molecule has 5 nitrogen and oxygen atoms in total. The van der Waals surface area contributed by atoms with Gasteiger partial charge in [-0.05, 0) is 37.8 Å². The highest BCUT2D eigenvalue weighted by molar-refractivity contribution is 7.98. The Hall–Kier alpha value is -1.95. The van der Waals surface area contributed by atoms with Crippen LogP contribution in [-0.2, 0) is 16.1 Å². The number of thioether (sulfide) groups is 1. The van der Waals surface area contributed by atoms with Crippen LogP contribution in [0, 0.1) is 6.92 Å². The van der Waals surface area contributed by atoms with Gasteiger partial charge >= 0.3 is 5.97 Å². The second-order valence-corrected chi connectivity index (χ2v) is 5.42. The monoisotopic (exact) mass is 306 g/mol. The molecule has 0 saturated carbocycles. The first-order valence-corrected chi connectivity index (χ1v) is 7.88. The summed E-state index contributed by atoms with van der Waals surface area (Å²) < 4.78 is 6.15. The summed E-state index contributed by atoms with van der Waals surface area (Å²) in [7, 11) is 0. The standard InChI is InChI=1S/C15H18N2O3S/c1-4-20-13(18)9-17-15(19)10(2)14(16-17)11-5-7-12(21-3)8-6-11/h5-8,16H,4,9H2,1-3H3. The van der Waals surface area contributed by atoms with Crippen molar-refractivity contribution in [2.45, 2.75) is 25.3 Å². The average Bonchev–Trinajstić information content (AvgIpc) is 2.76. The first-order valence-electron chi connectivity index (χ1n) is 6.66. The lowest BCUT2D eigenvalue weighted by Gasteiger charge is -2.03. The van der Waals surface area contributed by atoms with E-state index in [0.717, 1.165) is 16.2 Å². The highest BCUT2D eigenvalue weighted by Gasteiger charge is 2.14. The minimum absolute atomic E-state index is 0.101. The van der Waals surface area contributed by atoms with E-state index in [4.69, 9.17) is 4.74 Å². The summed E-state index contributed by atoms with van der Waals surface area (Å²) >= 11 is 1.66. The molecule has 1 heterocycles. The van der Waals surface area contributed by atoms with E-state index in [1.807, 2.05) is 30.5 Å². The Kier molecular flexibility index (Phi) is 4.90. The van der Waals surface area contributed by atoms with Crippen LogP contribution >= 0.6 is 11.8 Å². The zero-order valence-corrected chi connectivity index (χ0v) is 13.1. The van der Waals surface area contributed by atoms with Crippen LogP contribution in [0.4, 0.5) is 0 Å². The normalized spacial score (nSPS) is 10.6. The van der Waals surface area contributed by atoms with Crippen LogP contribution in [0.5, 0.6) is 0 Å². The van der Waals surface area contributed by atoms with Crippen molar-refractivity contribution < 1.29 is 9.53 Å². The predicted molar refractivity (Wildman–Crippen MR) is 83.6 cm³/mol. The molecule has 0 unspecified atom stereocenters. The zero-order valence-electron chi connectivity index (χ0n) is 12.3. The molecule has 0 spiro atoms. The fraction of sp³-hybridized carbons (Fsp3) is 0.333. The van der Waals surface area contributed by atoms with Crippen LogP contribution in [0.25, 0.3) is 11.3 Å². The number of hydrogen-bond donors (Lipinski definition) is 1. The van der Waals surface area contributed by atoms with Crippen molar-refractivity contribution in [1.29, 1.82) is 0 Å². The van der Waals surface area contributed by atoms with Crippen LogP contribution < -0.4 is 5.56 Å². The lowest BCUT2D eigenvalue weighted by atomic mass is 10.1. The smallest absolute Gasteiger partial charge is 0.327 e. The first kappa shape index (κ1) is 15.4. The number of H-pyrrole nitrogens is 1. The molecule has 2 aromatic rings. The Morgan fingerprint density at radius 1 is 1.33 bits per heavy atom. The molecule has 112 valence electrons. The summed E-state index contributed by atoms with van der Waals surface area (Å²) in [6, 6.07) is 7.92. The summed E-state index contributed by atoms with van der Waals surface area (Å²) in [5.74, 6) is -0.426. The summed E-state index contributed by atoms with van der Waals surface area (Å²) in [6.45, 7) is 3.68. The van der Waals surface area contributed by atoms with Gasteiger partial charge in [-0.3, -0.25) is 14.7 Å². The summed E-state index contributed by atoms with van der Waals surface area (Å²) in [5, 5.41) is 2.99. The molecule has 0 amide bonds. The fourth-order valence-electron chi connectivity index (χ4n) is 2.06. The maximum Gasteiger partial charge on any atom is 0.327 e. The molecule has 0 saturated heterocycles. The molecule has 0 bridgehead atoms. The predicted octanol–water partition coefficient (Wildman–Crippen LogP) is 2.44. The molecule has 0 fully saturated rings. The summed E-state index contributed by atoms with van der Waals surface area (Å²) in [5.41, 5.74) is 2.05.